The van der Waals surface area contributed by atoms with Crippen molar-refractivity contribution in [3.63, 3.8) is 0 Å². The number of aliphatic hydroxyl groups is 4. The van der Waals surface area contributed by atoms with Crippen LogP contribution >= 0.6 is 0 Å². The predicted octanol–water partition coefficient (Wildman–Crippen LogP) is 3.15. The molecule has 384 valence electrons. The van der Waals surface area contributed by atoms with Crippen molar-refractivity contribution in [2.45, 2.75) is 72.2 Å². The molecule has 0 saturated heterocycles. The van der Waals surface area contributed by atoms with E-state index in [0.29, 0.717) is 0 Å². The minimum absolute atomic E-state index is 0.0608. The van der Waals surface area contributed by atoms with Gasteiger partial charge in [-0.1, -0.05) is 36.4 Å². The van der Waals surface area contributed by atoms with Gasteiger partial charge in [-0.2, -0.15) is 63.6 Å². The molecular formula is C40H44N12O16S4. The summed E-state index contributed by atoms with van der Waals surface area (Å²) in [5, 5.41) is 52.6. The summed E-state index contributed by atoms with van der Waals surface area (Å²) in [5.74, 6) is -1.95. The number of benzene rings is 4. The van der Waals surface area contributed by atoms with Crippen molar-refractivity contribution < 1.29 is 72.3 Å². The minimum Gasteiger partial charge on any atom is -0.374 e. The van der Waals surface area contributed by atoms with E-state index in [0.717, 1.165) is 58.4 Å². The van der Waals surface area contributed by atoms with E-state index in [-0.39, 0.29) is 69.6 Å². The molecule has 0 fully saturated rings. The molecule has 0 amide bonds. The number of hydrogen-bond donors (Lipinski definition) is 12. The topological polar surface area (TPSA) is 430 Å². The van der Waals surface area contributed by atoms with E-state index in [1.165, 1.54) is 76.2 Å². The Morgan fingerprint density at radius 1 is 0.417 bits per heavy atom. The highest BCUT2D eigenvalue weighted by molar-refractivity contribution is 7.86. The summed E-state index contributed by atoms with van der Waals surface area (Å²) in [6, 6.07) is 16.6. The Hall–Kier alpha value is -7.08. The van der Waals surface area contributed by atoms with E-state index in [1.807, 2.05) is 0 Å². The third-order valence-electron chi connectivity index (χ3n) is 9.63. The van der Waals surface area contributed by atoms with E-state index in [9.17, 15) is 72.3 Å². The lowest BCUT2D eigenvalue weighted by molar-refractivity contribution is 0.102. The quantitative estimate of drug-likeness (QED) is 0.0297. The third-order valence-corrected chi connectivity index (χ3v) is 13.2. The standard InChI is InChI=1S/C40H44N12O16S4/c1-21(53)51(22(2)54)39-47-35(41-27-7-5-9-31(17-27)69(57,58)59)45-37(49-39)43-29-15-13-25(33(19-29)71(63,64)65)11-12-26-14-16-30(20-34(26)72(66,67)68)44-38-46-36(48-40(50-38)52(23(3)55)24(4)56)42-28-8-6-10-32(18-28)70(60,61)62/h5-24,53-56H,1-4H3,(H,57,58,59)(H,60,61,62)(H,63,64,65)(H,66,67,68)(H2,41,43,45,47,49)(H2,42,44,46,48,50). The van der Waals surface area contributed by atoms with Gasteiger partial charge >= 0.3 is 0 Å². The van der Waals surface area contributed by atoms with Crippen LogP contribution in [0.2, 0.25) is 0 Å². The first-order chi connectivity index (χ1) is 33.5. The second-order valence-corrected chi connectivity index (χ2v) is 20.8. The molecule has 0 aliphatic carbocycles. The third kappa shape index (κ3) is 13.9. The van der Waals surface area contributed by atoms with Crippen LogP contribution in [0.1, 0.15) is 38.8 Å². The first-order valence-corrected chi connectivity index (χ1v) is 26.2. The number of nitrogens with zero attached hydrogens (tertiary/aromatic N) is 8. The summed E-state index contributed by atoms with van der Waals surface area (Å²) < 4.78 is 138. The molecule has 72 heavy (non-hydrogen) atoms. The number of anilines is 10. The van der Waals surface area contributed by atoms with Gasteiger partial charge in [0.1, 0.15) is 34.7 Å². The van der Waals surface area contributed by atoms with Gasteiger partial charge in [0.15, 0.2) is 0 Å². The fourth-order valence-electron chi connectivity index (χ4n) is 6.59. The van der Waals surface area contributed by atoms with Gasteiger partial charge in [0.25, 0.3) is 40.5 Å². The summed E-state index contributed by atoms with van der Waals surface area (Å²) in [7, 11) is -19.4. The van der Waals surface area contributed by atoms with Crippen LogP contribution in [0.15, 0.2) is 105 Å². The van der Waals surface area contributed by atoms with Crippen molar-refractivity contribution in [2.75, 3.05) is 31.1 Å². The predicted molar refractivity (Wildman–Crippen MR) is 258 cm³/mol. The molecule has 28 nitrogen and oxygen atoms in total. The molecule has 0 spiro atoms. The lowest BCUT2D eigenvalue weighted by atomic mass is 10.1. The summed E-state index contributed by atoms with van der Waals surface area (Å²) in [6.07, 6.45) is -3.35. The smallest absolute Gasteiger partial charge is 0.295 e. The second kappa shape index (κ2) is 21.3. The molecule has 4 atom stereocenters. The zero-order valence-electron chi connectivity index (χ0n) is 37.6. The summed E-state index contributed by atoms with van der Waals surface area (Å²) >= 11 is 0. The molecule has 0 radical (unpaired) electrons. The fraction of sp³-hybridized carbons (Fsp3) is 0.200. The van der Waals surface area contributed by atoms with Crippen LogP contribution in [0.25, 0.3) is 12.2 Å². The van der Waals surface area contributed by atoms with Crippen molar-refractivity contribution >= 4 is 111 Å². The normalized spacial score (nSPS) is 14.0. The van der Waals surface area contributed by atoms with E-state index in [2.05, 4.69) is 51.2 Å². The molecule has 4 aromatic carbocycles. The highest BCUT2D eigenvalue weighted by atomic mass is 32.2. The fourth-order valence-corrected chi connectivity index (χ4v) is 9.06. The van der Waals surface area contributed by atoms with Gasteiger partial charge in [-0.05, 0) is 99.5 Å². The lowest BCUT2D eigenvalue weighted by Crippen LogP contribution is -2.41. The van der Waals surface area contributed by atoms with Gasteiger partial charge in [-0.15, -0.1) is 0 Å². The Kier molecular flexibility index (Phi) is 16.1. The van der Waals surface area contributed by atoms with Crippen LogP contribution < -0.4 is 31.1 Å². The number of aliphatic hydroxyl groups excluding tert-OH is 4. The molecule has 0 saturated carbocycles. The zero-order valence-corrected chi connectivity index (χ0v) is 40.9. The molecule has 2 aromatic heterocycles. The van der Waals surface area contributed by atoms with Crippen molar-refractivity contribution in [1.29, 1.82) is 0 Å². The van der Waals surface area contributed by atoms with Gasteiger partial charge in [0, 0.05) is 22.7 Å². The Morgan fingerprint density at radius 2 is 0.708 bits per heavy atom. The average Bonchev–Trinajstić information content (AvgIpc) is 3.24. The molecular weight excluding hydrogens is 1030 g/mol. The number of aromatic nitrogens is 6. The number of rotatable bonds is 20. The van der Waals surface area contributed by atoms with Crippen LogP contribution in [-0.2, 0) is 40.5 Å². The maximum atomic E-state index is 12.8. The van der Waals surface area contributed by atoms with Gasteiger partial charge in [0.2, 0.25) is 35.7 Å². The molecule has 6 rings (SSSR count). The Balaban J connectivity index is 1.34. The Bertz CT molecular complexity index is 3250. The van der Waals surface area contributed by atoms with Crippen LogP contribution in [0.3, 0.4) is 0 Å². The average molecular weight is 1080 g/mol. The Morgan fingerprint density at radius 3 is 0.972 bits per heavy atom. The number of nitrogens with one attached hydrogen (secondary N) is 4. The van der Waals surface area contributed by atoms with E-state index < -0.39 is 85.0 Å². The van der Waals surface area contributed by atoms with Gasteiger partial charge in [0.05, 0.1) is 9.79 Å². The summed E-state index contributed by atoms with van der Waals surface area (Å²) in [4.78, 5) is 24.7. The Labute approximate surface area is 410 Å². The van der Waals surface area contributed by atoms with Crippen LogP contribution in [0.5, 0.6) is 0 Å². The molecule has 32 heteroatoms. The van der Waals surface area contributed by atoms with Gasteiger partial charge in [-0.25, -0.2) is 0 Å². The largest absolute Gasteiger partial charge is 0.374 e. The monoisotopic (exact) mass is 1080 g/mol. The van der Waals surface area contributed by atoms with E-state index in [4.69, 9.17) is 0 Å². The van der Waals surface area contributed by atoms with Crippen molar-refractivity contribution in [2.24, 2.45) is 0 Å². The van der Waals surface area contributed by atoms with Crippen molar-refractivity contribution in [3.8, 4) is 0 Å². The van der Waals surface area contributed by atoms with Crippen LogP contribution in [0.4, 0.5) is 58.4 Å². The van der Waals surface area contributed by atoms with Gasteiger partial charge in [-0.3, -0.25) is 28.0 Å². The van der Waals surface area contributed by atoms with Crippen molar-refractivity contribution in [3.05, 3.63) is 96.1 Å². The highest BCUT2D eigenvalue weighted by Gasteiger charge is 2.25. The van der Waals surface area contributed by atoms with E-state index >= 15 is 0 Å². The highest BCUT2D eigenvalue weighted by Crippen LogP contribution is 2.30. The molecule has 12 N–H and O–H groups in total. The second-order valence-electron chi connectivity index (χ2n) is 15.2. The minimum atomic E-state index is -5.07. The SMILES string of the molecule is CC(O)N(c1nc(Nc2cccc(S(=O)(=O)O)c2)nc(Nc2ccc(C=Cc3ccc(Nc4nc(Nc5cccc(S(=O)(=O)O)c5)nc(N(C(C)O)C(C)O)n4)cc3S(=O)(=O)O)c(S(=O)(=O)O)c2)n1)C(C)O. The zero-order chi connectivity index (χ0) is 53.1. The van der Waals surface area contributed by atoms with Crippen LogP contribution in [0, 0.1) is 0 Å². The molecule has 6 aromatic rings. The van der Waals surface area contributed by atoms with Gasteiger partial charge < -0.3 is 41.7 Å². The molecule has 2 heterocycles. The lowest BCUT2D eigenvalue weighted by Gasteiger charge is -2.28. The maximum absolute atomic E-state index is 12.8. The maximum Gasteiger partial charge on any atom is 0.295 e. The molecule has 0 aliphatic heterocycles. The van der Waals surface area contributed by atoms with E-state index in [1.54, 1.807) is 0 Å². The van der Waals surface area contributed by atoms with Crippen LogP contribution in [-0.4, -0.2) is 127 Å². The summed E-state index contributed by atoms with van der Waals surface area (Å²) in [5.41, 5.74) is -0.459. The number of hydrogen-bond acceptors (Lipinski definition) is 24. The molecule has 0 aliphatic rings. The molecule has 0 bridgehead atoms. The summed E-state index contributed by atoms with van der Waals surface area (Å²) in [6.45, 7) is 5.16. The first kappa shape index (κ1) is 54.3. The first-order valence-electron chi connectivity index (χ1n) is 20.4. The molecule has 4 unspecified atom stereocenters. The van der Waals surface area contributed by atoms with Crippen molar-refractivity contribution in [1.82, 2.24) is 29.9 Å².